The van der Waals surface area contributed by atoms with Gasteiger partial charge in [0.05, 0.1) is 0 Å². The van der Waals surface area contributed by atoms with Crippen LogP contribution in [0.1, 0.15) is 39.0 Å². The first-order valence-electron chi connectivity index (χ1n) is 7.67. The van der Waals surface area contributed by atoms with E-state index in [-0.39, 0.29) is 0 Å². The van der Waals surface area contributed by atoms with Crippen molar-refractivity contribution >= 4 is 11.8 Å². The maximum atomic E-state index is 4.68. The Balaban J connectivity index is 1.67. The van der Waals surface area contributed by atoms with Crippen molar-refractivity contribution in [2.24, 2.45) is 11.8 Å². The quantitative estimate of drug-likeness (QED) is 0.780. The number of rotatable bonds is 8. The van der Waals surface area contributed by atoms with Crippen LogP contribution in [0, 0.1) is 11.8 Å². The third-order valence-corrected chi connectivity index (χ3v) is 3.85. The molecule has 0 atom stereocenters. The standard InChI is InChI=1S/C15H24N4/c1-2-8-16-15-17-9-7-14(18-15)19(10-12-3-4-12)11-13-5-6-13/h7,9,12-13H,2-6,8,10-11H2,1H3,(H,16,17,18). The van der Waals surface area contributed by atoms with Crippen molar-refractivity contribution in [3.63, 3.8) is 0 Å². The van der Waals surface area contributed by atoms with Crippen LogP contribution in [-0.4, -0.2) is 29.6 Å². The van der Waals surface area contributed by atoms with Gasteiger partial charge in [0.1, 0.15) is 5.82 Å². The summed E-state index contributed by atoms with van der Waals surface area (Å²) in [5.41, 5.74) is 0. The van der Waals surface area contributed by atoms with Crippen LogP contribution in [0.4, 0.5) is 11.8 Å². The van der Waals surface area contributed by atoms with Crippen molar-refractivity contribution in [2.75, 3.05) is 29.9 Å². The molecule has 2 saturated carbocycles. The summed E-state index contributed by atoms with van der Waals surface area (Å²) in [6.07, 6.45) is 8.56. The highest BCUT2D eigenvalue weighted by atomic mass is 15.2. The molecule has 4 nitrogen and oxygen atoms in total. The predicted molar refractivity (Wildman–Crippen MR) is 78.5 cm³/mol. The second kappa shape index (κ2) is 5.76. The zero-order valence-corrected chi connectivity index (χ0v) is 11.8. The molecule has 1 aromatic rings. The number of nitrogens with zero attached hydrogens (tertiary/aromatic N) is 3. The Morgan fingerprint density at radius 3 is 2.47 bits per heavy atom. The minimum Gasteiger partial charge on any atom is -0.356 e. The molecular weight excluding hydrogens is 236 g/mol. The van der Waals surface area contributed by atoms with Gasteiger partial charge >= 0.3 is 0 Å². The summed E-state index contributed by atoms with van der Waals surface area (Å²) in [4.78, 5) is 11.5. The van der Waals surface area contributed by atoms with Gasteiger partial charge in [-0.2, -0.15) is 4.98 Å². The molecule has 0 aromatic carbocycles. The average molecular weight is 260 g/mol. The van der Waals surface area contributed by atoms with Crippen molar-refractivity contribution in [3.8, 4) is 0 Å². The van der Waals surface area contributed by atoms with Gasteiger partial charge in [0.15, 0.2) is 0 Å². The average Bonchev–Trinajstić information content (AvgIpc) is 3.31. The van der Waals surface area contributed by atoms with Crippen LogP contribution in [0.3, 0.4) is 0 Å². The van der Waals surface area contributed by atoms with Crippen LogP contribution < -0.4 is 10.2 Å². The van der Waals surface area contributed by atoms with E-state index in [2.05, 4.69) is 33.2 Å². The molecule has 2 aliphatic rings. The van der Waals surface area contributed by atoms with Crippen molar-refractivity contribution in [3.05, 3.63) is 12.3 Å². The first kappa shape index (κ1) is 12.7. The highest BCUT2D eigenvalue weighted by Crippen LogP contribution is 2.35. The monoisotopic (exact) mass is 260 g/mol. The van der Waals surface area contributed by atoms with Crippen molar-refractivity contribution < 1.29 is 0 Å². The zero-order chi connectivity index (χ0) is 13.1. The van der Waals surface area contributed by atoms with E-state index in [9.17, 15) is 0 Å². The van der Waals surface area contributed by atoms with Crippen LogP contribution in [0.15, 0.2) is 12.3 Å². The lowest BCUT2D eigenvalue weighted by Gasteiger charge is -2.24. The van der Waals surface area contributed by atoms with E-state index in [0.29, 0.717) is 0 Å². The molecule has 4 heteroatoms. The number of hydrogen-bond donors (Lipinski definition) is 1. The minimum absolute atomic E-state index is 0.774. The minimum atomic E-state index is 0.774. The molecule has 0 amide bonds. The van der Waals surface area contributed by atoms with E-state index < -0.39 is 0 Å². The smallest absolute Gasteiger partial charge is 0.224 e. The van der Waals surface area contributed by atoms with E-state index in [1.807, 2.05) is 6.20 Å². The Hall–Kier alpha value is -1.32. The summed E-state index contributed by atoms with van der Waals surface area (Å²) in [5.74, 6) is 3.69. The molecule has 1 heterocycles. The highest BCUT2D eigenvalue weighted by molar-refractivity contribution is 5.43. The molecule has 104 valence electrons. The molecule has 2 fully saturated rings. The fourth-order valence-electron chi connectivity index (χ4n) is 2.33. The lowest BCUT2D eigenvalue weighted by Crippen LogP contribution is -2.29. The zero-order valence-electron chi connectivity index (χ0n) is 11.8. The Bertz CT molecular complexity index is 398. The fraction of sp³-hybridized carbons (Fsp3) is 0.733. The maximum absolute atomic E-state index is 4.68. The first-order chi connectivity index (χ1) is 9.35. The molecule has 0 spiro atoms. The third kappa shape index (κ3) is 3.82. The second-order valence-corrected chi connectivity index (χ2v) is 5.96. The van der Waals surface area contributed by atoms with Crippen LogP contribution in [0.25, 0.3) is 0 Å². The molecule has 2 aliphatic carbocycles. The van der Waals surface area contributed by atoms with Gasteiger partial charge in [-0.05, 0) is 50.0 Å². The van der Waals surface area contributed by atoms with Crippen molar-refractivity contribution in [2.45, 2.75) is 39.0 Å². The third-order valence-electron chi connectivity index (χ3n) is 3.85. The summed E-state index contributed by atoms with van der Waals surface area (Å²) >= 11 is 0. The van der Waals surface area contributed by atoms with E-state index in [4.69, 9.17) is 0 Å². The SMILES string of the molecule is CCCNc1nccc(N(CC2CC2)CC2CC2)n1. The van der Waals surface area contributed by atoms with E-state index in [1.165, 1.54) is 38.8 Å². The Labute approximate surface area is 115 Å². The molecule has 0 bridgehead atoms. The summed E-state index contributed by atoms with van der Waals surface area (Å²) in [5, 5.41) is 3.28. The van der Waals surface area contributed by atoms with Gasteiger partial charge in [0.25, 0.3) is 0 Å². The van der Waals surface area contributed by atoms with Crippen LogP contribution >= 0.6 is 0 Å². The number of hydrogen-bond acceptors (Lipinski definition) is 4. The van der Waals surface area contributed by atoms with Gasteiger partial charge in [0, 0.05) is 25.8 Å². The largest absolute Gasteiger partial charge is 0.356 e. The number of nitrogens with one attached hydrogen (secondary N) is 1. The van der Waals surface area contributed by atoms with Gasteiger partial charge in [-0.15, -0.1) is 0 Å². The van der Waals surface area contributed by atoms with Gasteiger partial charge in [0.2, 0.25) is 5.95 Å². The number of anilines is 2. The van der Waals surface area contributed by atoms with Gasteiger partial charge < -0.3 is 10.2 Å². The summed E-state index contributed by atoms with van der Waals surface area (Å²) in [6.45, 7) is 5.46. The topological polar surface area (TPSA) is 41.1 Å². The predicted octanol–water partition coefficient (Wildman–Crippen LogP) is 2.92. The molecule has 0 unspecified atom stereocenters. The lowest BCUT2D eigenvalue weighted by molar-refractivity contribution is 0.671. The molecule has 3 rings (SSSR count). The van der Waals surface area contributed by atoms with Crippen molar-refractivity contribution in [1.29, 1.82) is 0 Å². The first-order valence-corrected chi connectivity index (χ1v) is 7.67. The molecule has 1 N–H and O–H groups in total. The molecule has 1 aromatic heterocycles. The number of aromatic nitrogens is 2. The van der Waals surface area contributed by atoms with Crippen LogP contribution in [-0.2, 0) is 0 Å². The molecule has 0 radical (unpaired) electrons. The molecule has 0 aliphatic heterocycles. The molecular formula is C15H24N4. The van der Waals surface area contributed by atoms with Gasteiger partial charge in [-0.3, -0.25) is 0 Å². The van der Waals surface area contributed by atoms with Gasteiger partial charge in [-0.25, -0.2) is 4.98 Å². The van der Waals surface area contributed by atoms with Gasteiger partial charge in [-0.1, -0.05) is 6.92 Å². The van der Waals surface area contributed by atoms with E-state index >= 15 is 0 Å². The fourth-order valence-corrected chi connectivity index (χ4v) is 2.33. The Kier molecular flexibility index (Phi) is 3.85. The Morgan fingerprint density at radius 1 is 1.21 bits per heavy atom. The van der Waals surface area contributed by atoms with Crippen molar-refractivity contribution in [1.82, 2.24) is 9.97 Å². The highest BCUT2D eigenvalue weighted by Gasteiger charge is 2.29. The lowest BCUT2D eigenvalue weighted by atomic mass is 10.3. The molecule has 19 heavy (non-hydrogen) atoms. The maximum Gasteiger partial charge on any atom is 0.224 e. The summed E-state index contributed by atoms with van der Waals surface area (Å²) in [6, 6.07) is 2.06. The normalized spacial score (nSPS) is 18.4. The van der Waals surface area contributed by atoms with E-state index in [0.717, 1.165) is 36.6 Å². The Morgan fingerprint density at radius 2 is 1.89 bits per heavy atom. The second-order valence-electron chi connectivity index (χ2n) is 5.96. The van der Waals surface area contributed by atoms with Crippen LogP contribution in [0.5, 0.6) is 0 Å². The molecule has 0 saturated heterocycles. The van der Waals surface area contributed by atoms with E-state index in [1.54, 1.807) is 0 Å². The summed E-state index contributed by atoms with van der Waals surface area (Å²) < 4.78 is 0. The van der Waals surface area contributed by atoms with Crippen LogP contribution in [0.2, 0.25) is 0 Å². The summed E-state index contributed by atoms with van der Waals surface area (Å²) in [7, 11) is 0.